The van der Waals surface area contributed by atoms with Gasteiger partial charge in [-0.3, -0.25) is 4.79 Å². The van der Waals surface area contributed by atoms with Crippen molar-refractivity contribution in [1.29, 1.82) is 0 Å². The van der Waals surface area contributed by atoms with Crippen molar-refractivity contribution in [1.82, 2.24) is 5.32 Å². The van der Waals surface area contributed by atoms with Gasteiger partial charge in [-0.15, -0.1) is 0 Å². The topological polar surface area (TPSA) is 41.6 Å². The lowest BCUT2D eigenvalue weighted by Gasteiger charge is -2.23. The van der Waals surface area contributed by atoms with Crippen molar-refractivity contribution in [2.75, 3.05) is 31.6 Å². The molecule has 24 heavy (non-hydrogen) atoms. The minimum absolute atomic E-state index is 0.0130. The first kappa shape index (κ1) is 18.6. The molecular weight excluding hydrogens is 415 g/mol. The normalized spacial score (nSPS) is 10.3. The molecule has 0 unspecified atom stereocenters. The first-order valence-corrected chi connectivity index (χ1v) is 9.14. The summed E-state index contributed by atoms with van der Waals surface area (Å²) >= 11 is 2.21. The summed E-state index contributed by atoms with van der Waals surface area (Å²) in [7, 11) is 1.67. The van der Waals surface area contributed by atoms with Crippen LogP contribution in [0.1, 0.15) is 23.7 Å². The molecule has 1 N–H and O–H groups in total. The Balaban J connectivity index is 1.80. The second kappa shape index (κ2) is 9.52. The molecule has 2 rings (SSSR count). The molecule has 5 heteroatoms. The fraction of sp³-hybridized carbons (Fsp3) is 0.316. The summed E-state index contributed by atoms with van der Waals surface area (Å²) < 4.78 is 6.26. The van der Waals surface area contributed by atoms with Crippen molar-refractivity contribution in [3.05, 3.63) is 57.7 Å². The van der Waals surface area contributed by atoms with E-state index in [1.165, 1.54) is 5.69 Å². The second-order valence-electron chi connectivity index (χ2n) is 5.40. The number of rotatable bonds is 8. The van der Waals surface area contributed by atoms with Crippen LogP contribution in [0.3, 0.4) is 0 Å². The van der Waals surface area contributed by atoms with E-state index < -0.39 is 0 Å². The lowest BCUT2D eigenvalue weighted by Crippen LogP contribution is -2.30. The number of hydrogen-bond acceptors (Lipinski definition) is 3. The minimum atomic E-state index is -0.0130. The number of nitrogens with one attached hydrogen (secondary N) is 1. The SMILES string of the molecule is CCN(CCCNC(=O)c1cccc(I)c1)c1ccc(OC)cc1. The van der Waals surface area contributed by atoms with Crippen molar-refractivity contribution >= 4 is 34.2 Å². The summed E-state index contributed by atoms with van der Waals surface area (Å²) in [6.07, 6.45) is 0.898. The molecule has 0 heterocycles. The molecule has 4 nitrogen and oxygen atoms in total. The van der Waals surface area contributed by atoms with Crippen LogP contribution in [0.5, 0.6) is 5.75 Å². The highest BCUT2D eigenvalue weighted by molar-refractivity contribution is 14.1. The molecular formula is C19H23IN2O2. The third kappa shape index (κ3) is 5.40. The highest BCUT2D eigenvalue weighted by atomic mass is 127. The van der Waals surface area contributed by atoms with Gasteiger partial charge in [0.2, 0.25) is 0 Å². The molecule has 2 aromatic carbocycles. The van der Waals surface area contributed by atoms with Crippen molar-refractivity contribution in [2.24, 2.45) is 0 Å². The Morgan fingerprint density at radius 3 is 2.58 bits per heavy atom. The first-order valence-electron chi connectivity index (χ1n) is 8.06. The smallest absolute Gasteiger partial charge is 0.251 e. The average Bonchev–Trinajstić information content (AvgIpc) is 2.62. The van der Waals surface area contributed by atoms with E-state index in [1.807, 2.05) is 36.4 Å². The molecule has 0 fully saturated rings. The molecule has 0 aliphatic rings. The van der Waals surface area contributed by atoms with Gasteiger partial charge in [-0.1, -0.05) is 6.07 Å². The highest BCUT2D eigenvalue weighted by Gasteiger charge is 2.07. The fourth-order valence-corrected chi connectivity index (χ4v) is 3.01. The highest BCUT2D eigenvalue weighted by Crippen LogP contribution is 2.19. The number of methoxy groups -OCH3 is 1. The van der Waals surface area contributed by atoms with E-state index in [1.54, 1.807) is 7.11 Å². The lowest BCUT2D eigenvalue weighted by molar-refractivity contribution is 0.0953. The van der Waals surface area contributed by atoms with Gasteiger partial charge in [0, 0.05) is 34.5 Å². The van der Waals surface area contributed by atoms with Crippen molar-refractivity contribution in [3.63, 3.8) is 0 Å². The Morgan fingerprint density at radius 1 is 1.21 bits per heavy atom. The standard InChI is InChI=1S/C19H23IN2O2/c1-3-22(17-8-10-18(24-2)11-9-17)13-5-12-21-19(23)15-6-4-7-16(20)14-15/h4,6-11,14H,3,5,12-13H2,1-2H3,(H,21,23). The zero-order valence-corrected chi connectivity index (χ0v) is 16.2. The largest absolute Gasteiger partial charge is 0.497 e. The fourth-order valence-electron chi connectivity index (χ4n) is 2.47. The Morgan fingerprint density at radius 2 is 1.96 bits per heavy atom. The zero-order valence-electron chi connectivity index (χ0n) is 14.1. The van der Waals surface area contributed by atoms with Crippen LogP contribution in [0.2, 0.25) is 0 Å². The van der Waals surface area contributed by atoms with Crippen LogP contribution >= 0.6 is 22.6 Å². The van der Waals surface area contributed by atoms with E-state index >= 15 is 0 Å². The van der Waals surface area contributed by atoms with E-state index in [0.29, 0.717) is 12.1 Å². The molecule has 1 amide bonds. The molecule has 128 valence electrons. The van der Waals surface area contributed by atoms with E-state index in [2.05, 4.69) is 51.9 Å². The summed E-state index contributed by atoms with van der Waals surface area (Å²) in [4.78, 5) is 14.4. The Labute approximate surface area is 157 Å². The quantitative estimate of drug-likeness (QED) is 0.502. The van der Waals surface area contributed by atoms with Crippen LogP contribution in [0.15, 0.2) is 48.5 Å². The summed E-state index contributed by atoms with van der Waals surface area (Å²) in [6.45, 7) is 4.62. The monoisotopic (exact) mass is 438 g/mol. The second-order valence-corrected chi connectivity index (χ2v) is 6.64. The number of anilines is 1. The average molecular weight is 438 g/mol. The minimum Gasteiger partial charge on any atom is -0.497 e. The third-order valence-electron chi connectivity index (χ3n) is 3.80. The van der Waals surface area contributed by atoms with Crippen LogP contribution in [0, 0.1) is 3.57 Å². The van der Waals surface area contributed by atoms with Crippen molar-refractivity contribution in [3.8, 4) is 5.75 Å². The molecule has 0 aliphatic carbocycles. The van der Waals surface area contributed by atoms with Gasteiger partial charge in [0.15, 0.2) is 0 Å². The van der Waals surface area contributed by atoms with Gasteiger partial charge in [0.05, 0.1) is 7.11 Å². The third-order valence-corrected chi connectivity index (χ3v) is 4.47. The number of nitrogens with zero attached hydrogens (tertiary/aromatic N) is 1. The van der Waals surface area contributed by atoms with Gasteiger partial charge in [0.25, 0.3) is 5.91 Å². The molecule has 0 saturated carbocycles. The predicted molar refractivity (Wildman–Crippen MR) is 107 cm³/mol. The number of carbonyl (C=O) groups excluding carboxylic acids is 1. The molecule has 0 spiro atoms. The summed E-state index contributed by atoms with van der Waals surface area (Å²) in [6, 6.07) is 15.7. The van der Waals surface area contributed by atoms with Gasteiger partial charge in [-0.25, -0.2) is 0 Å². The predicted octanol–water partition coefficient (Wildman–Crippen LogP) is 3.95. The number of carbonyl (C=O) groups is 1. The zero-order chi connectivity index (χ0) is 17.4. The Bertz CT molecular complexity index is 659. The molecule has 0 bridgehead atoms. The number of ether oxygens (including phenoxy) is 1. The Kier molecular flexibility index (Phi) is 7.36. The molecule has 2 aromatic rings. The van der Waals surface area contributed by atoms with Crippen LogP contribution in [-0.4, -0.2) is 32.7 Å². The van der Waals surface area contributed by atoms with E-state index in [-0.39, 0.29) is 5.91 Å². The Hall–Kier alpha value is -1.76. The van der Waals surface area contributed by atoms with Crippen molar-refractivity contribution in [2.45, 2.75) is 13.3 Å². The molecule has 0 atom stereocenters. The van der Waals surface area contributed by atoms with Crippen LogP contribution in [-0.2, 0) is 0 Å². The van der Waals surface area contributed by atoms with E-state index in [4.69, 9.17) is 4.74 Å². The maximum Gasteiger partial charge on any atom is 0.251 e. The van der Waals surface area contributed by atoms with Crippen LogP contribution in [0.4, 0.5) is 5.69 Å². The molecule has 0 radical (unpaired) electrons. The van der Waals surface area contributed by atoms with Gasteiger partial charge in [-0.2, -0.15) is 0 Å². The summed E-state index contributed by atoms with van der Waals surface area (Å²) in [5, 5.41) is 2.99. The van der Waals surface area contributed by atoms with Gasteiger partial charge in [-0.05, 0) is 78.4 Å². The maximum absolute atomic E-state index is 12.1. The molecule has 0 saturated heterocycles. The number of amides is 1. The van der Waals surface area contributed by atoms with Crippen LogP contribution in [0.25, 0.3) is 0 Å². The van der Waals surface area contributed by atoms with Crippen LogP contribution < -0.4 is 15.0 Å². The summed E-state index contributed by atoms with van der Waals surface area (Å²) in [5.74, 6) is 0.848. The number of halogens is 1. The van der Waals surface area contributed by atoms with Gasteiger partial charge >= 0.3 is 0 Å². The van der Waals surface area contributed by atoms with Gasteiger partial charge < -0.3 is 15.0 Å². The summed E-state index contributed by atoms with van der Waals surface area (Å²) in [5.41, 5.74) is 1.88. The molecule has 0 aliphatic heterocycles. The number of benzene rings is 2. The van der Waals surface area contributed by atoms with E-state index in [0.717, 1.165) is 28.8 Å². The first-order chi connectivity index (χ1) is 11.6. The van der Waals surface area contributed by atoms with E-state index in [9.17, 15) is 4.79 Å². The van der Waals surface area contributed by atoms with Gasteiger partial charge in [0.1, 0.15) is 5.75 Å². The molecule has 0 aromatic heterocycles. The van der Waals surface area contributed by atoms with Crippen molar-refractivity contribution < 1.29 is 9.53 Å². The maximum atomic E-state index is 12.1. The lowest BCUT2D eigenvalue weighted by atomic mass is 10.2. The number of hydrogen-bond donors (Lipinski definition) is 1.